The molecular weight excluding hydrogens is 362 g/mol. The fourth-order valence-electron chi connectivity index (χ4n) is 2.52. The molecule has 1 saturated carbocycles. The van der Waals surface area contributed by atoms with Crippen LogP contribution in [0.2, 0.25) is 5.02 Å². The zero-order valence-electron chi connectivity index (χ0n) is 13.0. The normalized spacial score (nSPS) is 14.4. The van der Waals surface area contributed by atoms with Gasteiger partial charge in [0.05, 0.1) is 10.9 Å². The molecule has 1 aliphatic carbocycles. The van der Waals surface area contributed by atoms with Gasteiger partial charge < -0.3 is 0 Å². The van der Waals surface area contributed by atoms with Gasteiger partial charge in [0.15, 0.2) is 5.82 Å². The highest BCUT2D eigenvalue weighted by Gasteiger charge is 2.28. The number of nitrogens with one attached hydrogen (secondary N) is 1. The second kappa shape index (κ2) is 6.12. The van der Waals surface area contributed by atoms with Crippen LogP contribution in [0.1, 0.15) is 18.9 Å². The number of benzene rings is 2. The van der Waals surface area contributed by atoms with Crippen LogP contribution in [0.25, 0.3) is 11.4 Å². The van der Waals surface area contributed by atoms with Crippen molar-refractivity contribution in [2.75, 3.05) is 4.72 Å². The molecule has 0 spiro atoms. The van der Waals surface area contributed by atoms with Crippen LogP contribution in [-0.2, 0) is 10.0 Å². The molecule has 1 fully saturated rings. The topological polar surface area (TPSA) is 89.8 Å². The molecule has 2 aromatic carbocycles. The molecule has 4 rings (SSSR count). The molecule has 1 aromatic heterocycles. The highest BCUT2D eigenvalue weighted by molar-refractivity contribution is 7.92. The molecule has 1 N–H and O–H groups in total. The summed E-state index contributed by atoms with van der Waals surface area (Å²) in [6.07, 6.45) is 2.11. The van der Waals surface area contributed by atoms with E-state index in [4.69, 9.17) is 11.6 Å². The Labute approximate surface area is 149 Å². The summed E-state index contributed by atoms with van der Waals surface area (Å²) in [6, 6.07) is 13.4. The van der Waals surface area contributed by atoms with Crippen molar-refractivity contribution >= 4 is 27.3 Å². The van der Waals surface area contributed by atoms with Gasteiger partial charge >= 0.3 is 0 Å². The van der Waals surface area contributed by atoms with Gasteiger partial charge in [-0.05, 0) is 53.6 Å². The molecule has 3 aromatic rings. The molecule has 0 amide bonds. The fraction of sp³-hybridized carbons (Fsp3) is 0.188. The monoisotopic (exact) mass is 375 g/mol. The van der Waals surface area contributed by atoms with E-state index < -0.39 is 10.0 Å². The number of anilines is 1. The maximum Gasteiger partial charge on any atom is 0.261 e. The molecule has 1 aliphatic rings. The highest BCUT2D eigenvalue weighted by atomic mass is 35.5. The Kier molecular flexibility index (Phi) is 3.93. The summed E-state index contributed by atoms with van der Waals surface area (Å²) in [6.45, 7) is 0. The lowest BCUT2D eigenvalue weighted by molar-refractivity contribution is 0.601. The third-order valence-corrected chi connectivity index (χ3v) is 5.48. The van der Waals surface area contributed by atoms with E-state index >= 15 is 0 Å². The van der Waals surface area contributed by atoms with E-state index in [9.17, 15) is 8.42 Å². The quantitative estimate of drug-likeness (QED) is 0.739. The molecular formula is C16H14ClN5O2S. The molecule has 0 radical (unpaired) electrons. The summed E-state index contributed by atoms with van der Waals surface area (Å²) in [7, 11) is -3.73. The number of hydrogen-bond donors (Lipinski definition) is 1. The number of sulfonamides is 1. The minimum Gasteiger partial charge on any atom is -0.280 e. The molecule has 128 valence electrons. The first-order valence-corrected chi connectivity index (χ1v) is 9.56. The Balaban J connectivity index is 1.65. The third kappa shape index (κ3) is 3.35. The largest absolute Gasteiger partial charge is 0.280 e. The number of tetrazole rings is 1. The number of rotatable bonds is 5. The smallest absolute Gasteiger partial charge is 0.261 e. The third-order valence-electron chi connectivity index (χ3n) is 3.86. The summed E-state index contributed by atoms with van der Waals surface area (Å²) >= 11 is 5.88. The van der Waals surface area contributed by atoms with Crippen LogP contribution in [-0.4, -0.2) is 28.6 Å². The van der Waals surface area contributed by atoms with Gasteiger partial charge in [0, 0.05) is 16.3 Å². The molecule has 0 atom stereocenters. The van der Waals surface area contributed by atoms with Crippen LogP contribution < -0.4 is 4.72 Å². The average molecular weight is 376 g/mol. The molecule has 1 heterocycles. The Hall–Kier alpha value is -2.45. The summed E-state index contributed by atoms with van der Waals surface area (Å²) in [5.41, 5.74) is 1.19. The van der Waals surface area contributed by atoms with E-state index in [-0.39, 0.29) is 4.90 Å². The molecule has 0 bridgehead atoms. The van der Waals surface area contributed by atoms with Crippen molar-refractivity contribution in [3.05, 3.63) is 53.6 Å². The van der Waals surface area contributed by atoms with Crippen molar-refractivity contribution in [2.24, 2.45) is 0 Å². The lowest BCUT2D eigenvalue weighted by atomic mass is 10.2. The lowest BCUT2D eigenvalue weighted by Gasteiger charge is -2.10. The molecule has 0 saturated heterocycles. The molecule has 25 heavy (non-hydrogen) atoms. The Morgan fingerprint density at radius 3 is 2.68 bits per heavy atom. The maximum absolute atomic E-state index is 12.5. The van der Waals surface area contributed by atoms with E-state index in [1.807, 2.05) is 6.07 Å². The number of nitrogens with zero attached hydrogens (tertiary/aromatic N) is 4. The Morgan fingerprint density at radius 1 is 1.12 bits per heavy atom. The minimum absolute atomic E-state index is 0.105. The SMILES string of the molecule is O=S(=O)(Nc1cccc(-c2nnnn2C2CC2)c1)c1cccc(Cl)c1. The van der Waals surface area contributed by atoms with Gasteiger partial charge in [-0.2, -0.15) is 0 Å². The summed E-state index contributed by atoms with van der Waals surface area (Å²) in [5, 5.41) is 12.2. The van der Waals surface area contributed by atoms with Gasteiger partial charge in [-0.25, -0.2) is 13.1 Å². The van der Waals surface area contributed by atoms with Crippen molar-refractivity contribution in [2.45, 2.75) is 23.8 Å². The van der Waals surface area contributed by atoms with E-state index in [0.717, 1.165) is 18.4 Å². The standard InChI is InChI=1S/C16H14ClN5O2S/c17-12-4-2-6-15(10-12)25(23,24)19-13-5-1-3-11(9-13)16-18-20-21-22(16)14-7-8-14/h1-6,9-10,14,19H,7-8H2. The summed E-state index contributed by atoms with van der Waals surface area (Å²) < 4.78 is 29.4. The van der Waals surface area contributed by atoms with Crippen LogP contribution in [0.15, 0.2) is 53.4 Å². The maximum atomic E-state index is 12.5. The average Bonchev–Trinajstić information content (AvgIpc) is 3.31. The predicted molar refractivity (Wildman–Crippen MR) is 93.8 cm³/mol. The Morgan fingerprint density at radius 2 is 1.92 bits per heavy atom. The van der Waals surface area contributed by atoms with Gasteiger partial charge in [0.25, 0.3) is 10.0 Å². The molecule has 0 aliphatic heterocycles. The number of hydrogen-bond acceptors (Lipinski definition) is 5. The number of aromatic nitrogens is 4. The molecule has 0 unspecified atom stereocenters. The van der Waals surface area contributed by atoms with E-state index in [0.29, 0.717) is 22.6 Å². The van der Waals surface area contributed by atoms with E-state index in [2.05, 4.69) is 20.2 Å². The highest BCUT2D eigenvalue weighted by Crippen LogP contribution is 2.36. The van der Waals surface area contributed by atoms with E-state index in [1.165, 1.54) is 12.1 Å². The Bertz CT molecular complexity index is 1030. The van der Waals surface area contributed by atoms with Gasteiger partial charge in [0.1, 0.15) is 0 Å². The summed E-state index contributed by atoms with van der Waals surface area (Å²) in [5.74, 6) is 0.631. The van der Waals surface area contributed by atoms with Gasteiger partial charge in [0.2, 0.25) is 0 Å². The molecule has 7 nitrogen and oxygen atoms in total. The van der Waals surface area contributed by atoms with E-state index in [1.54, 1.807) is 35.0 Å². The van der Waals surface area contributed by atoms with Crippen LogP contribution in [0.3, 0.4) is 0 Å². The van der Waals surface area contributed by atoms with Crippen molar-refractivity contribution in [3.63, 3.8) is 0 Å². The first-order chi connectivity index (χ1) is 12.0. The van der Waals surface area contributed by atoms with Crippen LogP contribution >= 0.6 is 11.6 Å². The van der Waals surface area contributed by atoms with Crippen LogP contribution in [0, 0.1) is 0 Å². The first-order valence-electron chi connectivity index (χ1n) is 7.70. The zero-order valence-corrected chi connectivity index (χ0v) is 14.6. The lowest BCUT2D eigenvalue weighted by Crippen LogP contribution is -2.13. The van der Waals surface area contributed by atoms with Crippen LogP contribution in [0.4, 0.5) is 5.69 Å². The molecule has 9 heteroatoms. The fourth-order valence-corrected chi connectivity index (χ4v) is 3.87. The van der Waals surface area contributed by atoms with Gasteiger partial charge in [-0.1, -0.05) is 29.8 Å². The predicted octanol–water partition coefficient (Wildman–Crippen LogP) is 3.13. The minimum atomic E-state index is -3.73. The first kappa shape index (κ1) is 16.0. The van der Waals surface area contributed by atoms with Crippen LogP contribution in [0.5, 0.6) is 0 Å². The summed E-state index contributed by atoms with van der Waals surface area (Å²) in [4.78, 5) is 0.105. The van der Waals surface area contributed by atoms with Crippen molar-refractivity contribution in [1.82, 2.24) is 20.2 Å². The second-order valence-electron chi connectivity index (χ2n) is 5.82. The zero-order chi connectivity index (χ0) is 17.4. The van der Waals surface area contributed by atoms with Crippen molar-refractivity contribution in [1.29, 1.82) is 0 Å². The van der Waals surface area contributed by atoms with Gasteiger partial charge in [-0.15, -0.1) is 5.10 Å². The van der Waals surface area contributed by atoms with Gasteiger partial charge in [-0.3, -0.25) is 4.72 Å². The van der Waals surface area contributed by atoms with Crippen molar-refractivity contribution in [3.8, 4) is 11.4 Å². The second-order valence-corrected chi connectivity index (χ2v) is 7.94. The number of halogens is 1. The van der Waals surface area contributed by atoms with Crippen molar-refractivity contribution < 1.29 is 8.42 Å².